The number of quaternary nitrogens is 1. The van der Waals surface area contributed by atoms with Crippen LogP contribution in [0.25, 0.3) is 0 Å². The van der Waals surface area contributed by atoms with Gasteiger partial charge < -0.3 is 9.80 Å². The minimum atomic E-state index is 0.159. The minimum Gasteiger partial charge on any atom is -0.340 e. The summed E-state index contributed by atoms with van der Waals surface area (Å²) in [5, 5.41) is 0. The smallest absolute Gasteiger partial charge is 0.219 e. The molecule has 20 heavy (non-hydrogen) atoms. The van der Waals surface area contributed by atoms with Gasteiger partial charge in [-0.15, -0.1) is 0 Å². The summed E-state index contributed by atoms with van der Waals surface area (Å²) in [5.74, 6) is 0.711. The second kappa shape index (κ2) is 8.05. The van der Waals surface area contributed by atoms with E-state index in [9.17, 15) is 4.79 Å². The third kappa shape index (κ3) is 5.74. The molecular formula is C17H29N2O+. The molecule has 0 aliphatic rings. The number of carbonyl (C=O) groups is 1. The number of amides is 1. The Morgan fingerprint density at radius 2 is 1.80 bits per heavy atom. The molecule has 0 bridgehead atoms. The summed E-state index contributed by atoms with van der Waals surface area (Å²) in [4.78, 5) is 15.1. The standard InChI is InChI=1S/C17H28N2O/c1-14(2)17-9-7-16(8-10-17)13-19(15(3)20)12-6-11-18(4)5/h7-10,14H,6,11-13H2,1-5H3/p+1. The first-order valence-corrected chi connectivity index (χ1v) is 7.53. The van der Waals surface area contributed by atoms with Gasteiger partial charge in [0.25, 0.3) is 0 Å². The van der Waals surface area contributed by atoms with Crippen LogP contribution in [0.3, 0.4) is 0 Å². The molecule has 0 aromatic heterocycles. The van der Waals surface area contributed by atoms with E-state index in [0.29, 0.717) is 5.92 Å². The van der Waals surface area contributed by atoms with Gasteiger partial charge in [-0.25, -0.2) is 0 Å². The van der Waals surface area contributed by atoms with Crippen molar-refractivity contribution in [1.82, 2.24) is 4.90 Å². The van der Waals surface area contributed by atoms with Gasteiger partial charge in [-0.05, 0) is 17.0 Å². The average molecular weight is 277 g/mol. The van der Waals surface area contributed by atoms with Gasteiger partial charge in [-0.2, -0.15) is 0 Å². The molecule has 0 spiro atoms. The number of benzene rings is 1. The van der Waals surface area contributed by atoms with Gasteiger partial charge in [0, 0.05) is 26.4 Å². The highest BCUT2D eigenvalue weighted by Gasteiger charge is 2.10. The Labute approximate surface area is 123 Å². The molecule has 0 fully saturated rings. The molecule has 3 nitrogen and oxygen atoms in total. The van der Waals surface area contributed by atoms with E-state index in [0.717, 1.165) is 26.1 Å². The van der Waals surface area contributed by atoms with Gasteiger partial charge in [-0.1, -0.05) is 38.1 Å². The summed E-state index contributed by atoms with van der Waals surface area (Å²) < 4.78 is 0. The van der Waals surface area contributed by atoms with E-state index in [4.69, 9.17) is 0 Å². The molecule has 1 rings (SSSR count). The zero-order valence-electron chi connectivity index (χ0n) is 13.6. The third-order valence-corrected chi connectivity index (χ3v) is 3.57. The zero-order valence-corrected chi connectivity index (χ0v) is 13.6. The molecule has 0 unspecified atom stereocenters. The van der Waals surface area contributed by atoms with Crippen molar-refractivity contribution in [2.75, 3.05) is 27.2 Å². The van der Waals surface area contributed by atoms with Crippen molar-refractivity contribution in [3.63, 3.8) is 0 Å². The lowest BCUT2D eigenvalue weighted by atomic mass is 10.0. The van der Waals surface area contributed by atoms with Crippen LogP contribution < -0.4 is 4.90 Å². The van der Waals surface area contributed by atoms with Crippen LogP contribution in [-0.2, 0) is 11.3 Å². The van der Waals surface area contributed by atoms with Crippen LogP contribution in [0.4, 0.5) is 0 Å². The molecule has 0 heterocycles. The first kappa shape index (κ1) is 16.7. The van der Waals surface area contributed by atoms with Crippen LogP contribution in [0.2, 0.25) is 0 Å². The van der Waals surface area contributed by atoms with Gasteiger partial charge in [0.15, 0.2) is 0 Å². The van der Waals surface area contributed by atoms with Gasteiger partial charge >= 0.3 is 0 Å². The van der Waals surface area contributed by atoms with Crippen LogP contribution in [-0.4, -0.2) is 38.0 Å². The molecule has 1 aromatic rings. The van der Waals surface area contributed by atoms with E-state index in [2.05, 4.69) is 52.2 Å². The Morgan fingerprint density at radius 1 is 1.20 bits per heavy atom. The molecule has 1 aromatic carbocycles. The maximum absolute atomic E-state index is 11.7. The molecule has 3 heteroatoms. The summed E-state index contributed by atoms with van der Waals surface area (Å²) in [6.07, 6.45) is 1.05. The van der Waals surface area contributed by atoms with Gasteiger partial charge in [0.05, 0.1) is 20.6 Å². The van der Waals surface area contributed by atoms with Crippen LogP contribution in [0, 0.1) is 0 Å². The van der Waals surface area contributed by atoms with Crippen LogP contribution >= 0.6 is 0 Å². The lowest BCUT2D eigenvalue weighted by Crippen LogP contribution is -3.05. The van der Waals surface area contributed by atoms with Crippen molar-refractivity contribution in [2.45, 2.75) is 39.7 Å². The van der Waals surface area contributed by atoms with Crippen molar-refractivity contribution in [3.05, 3.63) is 35.4 Å². The maximum atomic E-state index is 11.7. The second-order valence-corrected chi connectivity index (χ2v) is 6.15. The maximum Gasteiger partial charge on any atom is 0.219 e. The molecule has 0 aliphatic carbocycles. The molecule has 0 aliphatic heterocycles. The first-order chi connectivity index (χ1) is 9.40. The summed E-state index contributed by atoms with van der Waals surface area (Å²) in [6, 6.07) is 8.62. The highest BCUT2D eigenvalue weighted by molar-refractivity contribution is 5.73. The van der Waals surface area contributed by atoms with Gasteiger partial charge in [0.2, 0.25) is 5.91 Å². The molecule has 0 saturated carbocycles. The van der Waals surface area contributed by atoms with Crippen molar-refractivity contribution in [3.8, 4) is 0 Å². The Hall–Kier alpha value is -1.35. The Morgan fingerprint density at radius 3 is 2.25 bits per heavy atom. The van der Waals surface area contributed by atoms with E-state index in [-0.39, 0.29) is 5.91 Å². The number of carbonyl (C=O) groups excluding carboxylic acids is 1. The van der Waals surface area contributed by atoms with E-state index in [1.54, 1.807) is 6.92 Å². The second-order valence-electron chi connectivity index (χ2n) is 6.15. The normalized spacial score (nSPS) is 11.2. The zero-order chi connectivity index (χ0) is 15.1. The Kier molecular flexibility index (Phi) is 6.73. The predicted molar refractivity (Wildman–Crippen MR) is 83.9 cm³/mol. The number of nitrogens with zero attached hydrogens (tertiary/aromatic N) is 1. The quantitative estimate of drug-likeness (QED) is 0.806. The summed E-state index contributed by atoms with van der Waals surface area (Å²) in [5.41, 5.74) is 2.56. The summed E-state index contributed by atoms with van der Waals surface area (Å²) in [6.45, 7) is 8.70. The number of hydrogen-bond donors (Lipinski definition) is 1. The van der Waals surface area contributed by atoms with Crippen molar-refractivity contribution in [1.29, 1.82) is 0 Å². The minimum absolute atomic E-state index is 0.159. The van der Waals surface area contributed by atoms with Gasteiger partial charge in [-0.3, -0.25) is 4.79 Å². The molecule has 1 N–H and O–H groups in total. The van der Waals surface area contributed by atoms with Crippen molar-refractivity contribution >= 4 is 5.91 Å². The van der Waals surface area contributed by atoms with Crippen molar-refractivity contribution in [2.24, 2.45) is 0 Å². The highest BCUT2D eigenvalue weighted by atomic mass is 16.2. The molecule has 1 amide bonds. The van der Waals surface area contributed by atoms with E-state index >= 15 is 0 Å². The SMILES string of the molecule is CC(=O)N(CCC[NH+](C)C)Cc1ccc(C(C)C)cc1. The lowest BCUT2D eigenvalue weighted by molar-refractivity contribution is -0.858. The monoisotopic (exact) mass is 277 g/mol. The number of rotatable bonds is 7. The van der Waals surface area contributed by atoms with Crippen LogP contribution in [0.15, 0.2) is 24.3 Å². The fraction of sp³-hybridized carbons (Fsp3) is 0.588. The fourth-order valence-electron chi connectivity index (χ4n) is 2.20. The number of hydrogen-bond acceptors (Lipinski definition) is 1. The van der Waals surface area contributed by atoms with E-state index in [1.807, 2.05) is 4.90 Å². The first-order valence-electron chi connectivity index (χ1n) is 7.53. The largest absolute Gasteiger partial charge is 0.340 e. The lowest BCUT2D eigenvalue weighted by Gasteiger charge is -2.21. The Bertz CT molecular complexity index is 410. The molecule has 112 valence electrons. The molecule has 0 saturated heterocycles. The fourth-order valence-corrected chi connectivity index (χ4v) is 2.20. The van der Waals surface area contributed by atoms with Crippen molar-refractivity contribution < 1.29 is 9.69 Å². The highest BCUT2D eigenvalue weighted by Crippen LogP contribution is 2.15. The summed E-state index contributed by atoms with van der Waals surface area (Å²) in [7, 11) is 4.28. The molecular weight excluding hydrogens is 248 g/mol. The van der Waals surface area contributed by atoms with Crippen LogP contribution in [0.5, 0.6) is 0 Å². The number of nitrogens with one attached hydrogen (secondary N) is 1. The third-order valence-electron chi connectivity index (χ3n) is 3.57. The summed E-state index contributed by atoms with van der Waals surface area (Å²) >= 11 is 0. The van der Waals surface area contributed by atoms with Crippen LogP contribution in [0.1, 0.15) is 44.2 Å². The Balaban J connectivity index is 2.58. The molecule has 0 atom stereocenters. The topological polar surface area (TPSA) is 24.8 Å². The molecule has 0 radical (unpaired) electrons. The van der Waals surface area contributed by atoms with E-state index < -0.39 is 0 Å². The van der Waals surface area contributed by atoms with E-state index in [1.165, 1.54) is 16.0 Å². The van der Waals surface area contributed by atoms with Gasteiger partial charge in [0.1, 0.15) is 0 Å². The predicted octanol–water partition coefficient (Wildman–Crippen LogP) is 1.69. The average Bonchev–Trinajstić information content (AvgIpc) is 2.37.